The van der Waals surface area contributed by atoms with E-state index >= 15 is 0 Å². The molecule has 0 fully saturated rings. The van der Waals surface area contributed by atoms with Crippen LogP contribution in [0.25, 0.3) is 11.6 Å². The maximum atomic E-state index is 12.4. The number of rotatable bonds is 9. The maximum Gasteiger partial charge on any atom is 0.239 e. The van der Waals surface area contributed by atoms with E-state index in [0.29, 0.717) is 41.9 Å². The van der Waals surface area contributed by atoms with Gasteiger partial charge < -0.3 is 24.7 Å². The van der Waals surface area contributed by atoms with Crippen molar-refractivity contribution in [1.82, 2.24) is 25.3 Å². The molecule has 0 spiro atoms. The number of hydrogen-bond acceptors (Lipinski definition) is 7. The number of hydrogen-bond donors (Lipinski definition) is 2. The number of likely N-dealkylation sites (N-methyl/N-ethyl adjacent to an activating group) is 1. The van der Waals surface area contributed by atoms with Gasteiger partial charge in [-0.05, 0) is 31.0 Å². The van der Waals surface area contributed by atoms with Crippen LogP contribution in [0.5, 0.6) is 11.5 Å². The number of carbonyl (C=O) groups excluding carboxylic acids is 1. The quantitative estimate of drug-likeness (QED) is 0.556. The Kier molecular flexibility index (Phi) is 6.84. The average Bonchev–Trinajstić information content (AvgIpc) is 3.28. The topological polar surface area (TPSA) is 105 Å². The summed E-state index contributed by atoms with van der Waals surface area (Å²) in [7, 11) is 5.03. The Labute approximate surface area is 175 Å². The van der Waals surface area contributed by atoms with E-state index in [9.17, 15) is 4.79 Å². The van der Waals surface area contributed by atoms with Crippen molar-refractivity contribution in [3.63, 3.8) is 0 Å². The van der Waals surface area contributed by atoms with E-state index in [2.05, 4.69) is 25.3 Å². The molecule has 0 unspecified atom stereocenters. The van der Waals surface area contributed by atoms with E-state index in [4.69, 9.17) is 9.47 Å². The van der Waals surface area contributed by atoms with Crippen molar-refractivity contribution in [2.75, 3.05) is 39.3 Å². The number of aromatic amines is 1. The smallest absolute Gasteiger partial charge is 0.239 e. The van der Waals surface area contributed by atoms with Crippen LogP contribution in [0.4, 0.5) is 5.82 Å². The van der Waals surface area contributed by atoms with Crippen LogP contribution in [-0.2, 0) is 11.2 Å². The van der Waals surface area contributed by atoms with Gasteiger partial charge >= 0.3 is 0 Å². The molecule has 0 saturated carbocycles. The molecule has 0 bridgehead atoms. The predicted molar refractivity (Wildman–Crippen MR) is 114 cm³/mol. The van der Waals surface area contributed by atoms with Crippen LogP contribution in [-0.4, -0.2) is 60.2 Å². The molecule has 2 N–H and O–H groups in total. The molecule has 0 radical (unpaired) electrons. The average molecular weight is 410 g/mol. The summed E-state index contributed by atoms with van der Waals surface area (Å²) < 4.78 is 10.6. The summed E-state index contributed by atoms with van der Waals surface area (Å²) in [5.41, 5.74) is 1.85. The van der Waals surface area contributed by atoms with Crippen molar-refractivity contribution in [2.24, 2.45) is 0 Å². The number of methoxy groups -OCH3 is 2. The minimum Gasteiger partial charge on any atom is -0.493 e. The maximum absolute atomic E-state index is 12.4. The van der Waals surface area contributed by atoms with Gasteiger partial charge in [0.05, 0.1) is 20.8 Å². The first kappa shape index (κ1) is 21.1. The summed E-state index contributed by atoms with van der Waals surface area (Å²) in [6.45, 7) is 2.58. The third-order valence-corrected chi connectivity index (χ3v) is 4.51. The molecule has 0 aliphatic carbocycles. The first-order valence-electron chi connectivity index (χ1n) is 9.54. The molecule has 30 heavy (non-hydrogen) atoms. The summed E-state index contributed by atoms with van der Waals surface area (Å²) in [6.07, 6.45) is 4.05. The molecule has 158 valence electrons. The van der Waals surface area contributed by atoms with Crippen LogP contribution < -0.4 is 19.7 Å². The van der Waals surface area contributed by atoms with Gasteiger partial charge in [-0.25, -0.2) is 15.0 Å². The van der Waals surface area contributed by atoms with Crippen LogP contribution in [0.15, 0.2) is 36.7 Å². The van der Waals surface area contributed by atoms with E-state index < -0.39 is 0 Å². The lowest BCUT2D eigenvalue weighted by Crippen LogP contribution is -2.36. The SMILES string of the molecule is COc1ccc(CCNC(=O)CN(C)c2cc(C)nc(-c3ncc[nH]3)n2)cc1OC. The summed E-state index contributed by atoms with van der Waals surface area (Å²) in [6, 6.07) is 7.57. The Bertz CT molecular complexity index is 990. The normalized spacial score (nSPS) is 10.5. The highest BCUT2D eigenvalue weighted by Gasteiger charge is 2.13. The zero-order valence-electron chi connectivity index (χ0n) is 17.6. The minimum absolute atomic E-state index is 0.0891. The molecule has 3 aromatic rings. The second-order valence-corrected chi connectivity index (χ2v) is 6.77. The highest BCUT2D eigenvalue weighted by molar-refractivity contribution is 5.81. The fourth-order valence-corrected chi connectivity index (χ4v) is 2.98. The van der Waals surface area contributed by atoms with E-state index in [0.717, 1.165) is 11.3 Å². The van der Waals surface area contributed by atoms with Crippen molar-refractivity contribution in [3.8, 4) is 23.1 Å². The number of aryl methyl sites for hydroxylation is 1. The largest absolute Gasteiger partial charge is 0.493 e. The van der Waals surface area contributed by atoms with Crippen LogP contribution in [0.1, 0.15) is 11.3 Å². The van der Waals surface area contributed by atoms with Crippen LogP contribution in [0, 0.1) is 6.92 Å². The van der Waals surface area contributed by atoms with Gasteiger partial charge in [-0.1, -0.05) is 6.07 Å². The molecule has 1 aromatic carbocycles. The standard InChI is InChI=1S/C21H26N6O3/c1-14-11-18(26-21(25-14)20-23-9-10-24-20)27(2)13-19(28)22-8-7-15-5-6-16(29-3)17(12-15)30-4/h5-6,9-12H,7-8,13H2,1-4H3,(H,22,28)(H,23,24). The van der Waals surface area contributed by atoms with E-state index in [1.807, 2.05) is 38.2 Å². The predicted octanol–water partition coefficient (Wildman–Crippen LogP) is 1.99. The van der Waals surface area contributed by atoms with Gasteiger partial charge in [-0.15, -0.1) is 0 Å². The Hall–Kier alpha value is -3.62. The molecule has 9 nitrogen and oxygen atoms in total. The summed E-state index contributed by atoms with van der Waals surface area (Å²) in [5.74, 6) is 3.01. The minimum atomic E-state index is -0.0891. The number of nitrogens with zero attached hydrogens (tertiary/aromatic N) is 4. The molecule has 1 amide bonds. The van der Waals surface area contributed by atoms with Gasteiger partial charge in [-0.2, -0.15) is 0 Å². The Morgan fingerprint density at radius 3 is 2.67 bits per heavy atom. The molecule has 3 rings (SSSR count). The third kappa shape index (κ3) is 5.25. The second kappa shape index (κ2) is 9.73. The molecule has 2 aromatic heterocycles. The van der Waals surface area contributed by atoms with E-state index in [-0.39, 0.29) is 12.5 Å². The summed E-state index contributed by atoms with van der Waals surface area (Å²) in [5, 5.41) is 2.94. The number of aromatic nitrogens is 4. The molecule has 9 heteroatoms. The lowest BCUT2D eigenvalue weighted by atomic mass is 10.1. The molecule has 2 heterocycles. The van der Waals surface area contributed by atoms with Gasteiger partial charge in [-0.3, -0.25) is 4.79 Å². The number of H-pyrrole nitrogens is 1. The molecule has 0 aliphatic rings. The van der Waals surface area contributed by atoms with E-state index in [1.54, 1.807) is 31.5 Å². The van der Waals surface area contributed by atoms with Crippen LogP contribution >= 0.6 is 0 Å². The van der Waals surface area contributed by atoms with Gasteiger partial charge in [0.15, 0.2) is 23.1 Å². The number of nitrogens with one attached hydrogen (secondary N) is 2. The Morgan fingerprint density at radius 2 is 1.97 bits per heavy atom. The lowest BCUT2D eigenvalue weighted by molar-refractivity contribution is -0.119. The van der Waals surface area contributed by atoms with Gasteiger partial charge in [0.1, 0.15) is 5.82 Å². The number of ether oxygens (including phenoxy) is 2. The fraction of sp³-hybridized carbons (Fsp3) is 0.333. The summed E-state index contributed by atoms with van der Waals surface area (Å²) >= 11 is 0. The lowest BCUT2D eigenvalue weighted by Gasteiger charge is -2.18. The monoisotopic (exact) mass is 410 g/mol. The highest BCUT2D eigenvalue weighted by atomic mass is 16.5. The number of anilines is 1. The molecular weight excluding hydrogens is 384 g/mol. The molecular formula is C21H26N6O3. The summed E-state index contributed by atoms with van der Waals surface area (Å²) in [4.78, 5) is 30.3. The van der Waals surface area contributed by atoms with Crippen LogP contribution in [0.3, 0.4) is 0 Å². The van der Waals surface area contributed by atoms with Gasteiger partial charge in [0.25, 0.3) is 0 Å². The second-order valence-electron chi connectivity index (χ2n) is 6.77. The number of imidazole rings is 1. The van der Waals surface area contributed by atoms with Crippen molar-refractivity contribution < 1.29 is 14.3 Å². The Balaban J connectivity index is 1.55. The highest BCUT2D eigenvalue weighted by Crippen LogP contribution is 2.27. The Morgan fingerprint density at radius 1 is 1.17 bits per heavy atom. The number of carbonyl (C=O) groups is 1. The molecule has 0 aliphatic heterocycles. The van der Waals surface area contributed by atoms with Crippen molar-refractivity contribution in [3.05, 3.63) is 47.9 Å². The first-order valence-corrected chi connectivity index (χ1v) is 9.54. The van der Waals surface area contributed by atoms with Gasteiger partial charge in [0.2, 0.25) is 5.91 Å². The van der Waals surface area contributed by atoms with Crippen LogP contribution in [0.2, 0.25) is 0 Å². The first-order chi connectivity index (χ1) is 14.5. The van der Waals surface area contributed by atoms with Crippen molar-refractivity contribution in [1.29, 1.82) is 0 Å². The third-order valence-electron chi connectivity index (χ3n) is 4.51. The molecule has 0 atom stereocenters. The van der Waals surface area contributed by atoms with Crippen molar-refractivity contribution in [2.45, 2.75) is 13.3 Å². The fourth-order valence-electron chi connectivity index (χ4n) is 2.98. The molecule has 0 saturated heterocycles. The number of amides is 1. The van der Waals surface area contributed by atoms with Crippen molar-refractivity contribution >= 4 is 11.7 Å². The zero-order valence-corrected chi connectivity index (χ0v) is 17.6. The van der Waals surface area contributed by atoms with E-state index in [1.165, 1.54) is 0 Å². The van der Waals surface area contributed by atoms with Gasteiger partial charge in [0, 0.05) is 37.7 Å². The zero-order chi connectivity index (χ0) is 21.5. The number of benzene rings is 1.